The highest BCUT2D eigenvalue weighted by atomic mass is 35.5. The summed E-state index contributed by atoms with van der Waals surface area (Å²) in [6, 6.07) is 7.93. The van der Waals surface area contributed by atoms with Gasteiger partial charge in [-0.15, -0.1) is 0 Å². The summed E-state index contributed by atoms with van der Waals surface area (Å²) in [7, 11) is 0. The van der Waals surface area contributed by atoms with E-state index in [1.165, 1.54) is 5.56 Å². The average molecular weight is 211 g/mol. The third-order valence-electron chi connectivity index (χ3n) is 2.15. The molecule has 1 nitrogen and oxygen atoms in total. The van der Waals surface area contributed by atoms with Crippen LogP contribution < -0.4 is 0 Å². The van der Waals surface area contributed by atoms with Crippen LogP contribution in [-0.2, 0) is 16.6 Å². The van der Waals surface area contributed by atoms with Gasteiger partial charge in [0.25, 0.3) is 0 Å². The normalized spacial score (nSPS) is 11.4. The first-order chi connectivity index (χ1) is 6.41. The van der Waals surface area contributed by atoms with Gasteiger partial charge in [0.1, 0.15) is 0 Å². The Morgan fingerprint density at radius 2 is 1.86 bits per heavy atom. The molecule has 0 saturated carbocycles. The van der Waals surface area contributed by atoms with Crippen LogP contribution in [0, 0.1) is 0 Å². The van der Waals surface area contributed by atoms with Crippen LogP contribution in [0.1, 0.15) is 31.9 Å². The predicted octanol–water partition coefficient (Wildman–Crippen LogP) is 3.29. The minimum atomic E-state index is -0.304. The lowest BCUT2D eigenvalue weighted by molar-refractivity contribution is -0.111. The molecule has 0 heterocycles. The maximum absolute atomic E-state index is 10.9. The molecule has 0 radical (unpaired) electrons. The van der Waals surface area contributed by atoms with Crippen LogP contribution >= 0.6 is 11.6 Å². The molecule has 0 unspecified atom stereocenters. The highest BCUT2D eigenvalue weighted by molar-refractivity contribution is 6.63. The Balaban J connectivity index is 3.10. The third kappa shape index (κ3) is 2.85. The number of hydrogen-bond acceptors (Lipinski definition) is 1. The van der Waals surface area contributed by atoms with Crippen LogP contribution in [0.25, 0.3) is 0 Å². The van der Waals surface area contributed by atoms with Crippen LogP contribution in [0.15, 0.2) is 24.3 Å². The van der Waals surface area contributed by atoms with Crippen molar-refractivity contribution in [2.45, 2.75) is 32.6 Å². The first-order valence-electron chi connectivity index (χ1n) is 4.68. The molecule has 1 aromatic rings. The Bertz CT molecular complexity index is 336. The largest absolute Gasteiger partial charge is 0.281 e. The fourth-order valence-electron chi connectivity index (χ4n) is 1.56. The van der Waals surface area contributed by atoms with Crippen molar-refractivity contribution in [2.75, 3.05) is 0 Å². The van der Waals surface area contributed by atoms with Crippen LogP contribution in [-0.4, -0.2) is 5.24 Å². The van der Waals surface area contributed by atoms with Crippen LogP contribution in [0.2, 0.25) is 0 Å². The minimum Gasteiger partial charge on any atom is -0.281 e. The lowest BCUT2D eigenvalue weighted by Crippen LogP contribution is -2.15. The van der Waals surface area contributed by atoms with E-state index in [2.05, 4.69) is 26.8 Å². The lowest BCUT2D eigenvalue weighted by Gasteiger charge is -2.22. The van der Waals surface area contributed by atoms with E-state index in [1.54, 1.807) is 0 Å². The van der Waals surface area contributed by atoms with Gasteiger partial charge < -0.3 is 0 Å². The first kappa shape index (κ1) is 11.3. The van der Waals surface area contributed by atoms with Gasteiger partial charge in [0.05, 0.1) is 0 Å². The fourth-order valence-corrected chi connectivity index (χ4v) is 1.70. The van der Waals surface area contributed by atoms with Crippen molar-refractivity contribution in [1.29, 1.82) is 0 Å². The summed E-state index contributed by atoms with van der Waals surface area (Å²) >= 11 is 5.40. The summed E-state index contributed by atoms with van der Waals surface area (Å²) in [6.45, 7) is 6.39. The lowest BCUT2D eigenvalue weighted by atomic mass is 9.83. The molecule has 14 heavy (non-hydrogen) atoms. The molecule has 1 rings (SSSR count). The van der Waals surface area contributed by atoms with E-state index in [0.29, 0.717) is 6.42 Å². The van der Waals surface area contributed by atoms with Gasteiger partial charge in [0.15, 0.2) is 0 Å². The molecule has 0 aliphatic rings. The van der Waals surface area contributed by atoms with Crippen molar-refractivity contribution >= 4 is 16.8 Å². The second-order valence-corrected chi connectivity index (χ2v) is 4.86. The first-order valence-corrected chi connectivity index (χ1v) is 5.06. The van der Waals surface area contributed by atoms with Gasteiger partial charge >= 0.3 is 0 Å². The van der Waals surface area contributed by atoms with Gasteiger partial charge in [-0.25, -0.2) is 0 Å². The summed E-state index contributed by atoms with van der Waals surface area (Å²) in [5.74, 6) is 0. The minimum absolute atomic E-state index is 0.0585. The van der Waals surface area contributed by atoms with Crippen LogP contribution in [0.4, 0.5) is 0 Å². The zero-order valence-corrected chi connectivity index (χ0v) is 9.56. The molecule has 0 atom stereocenters. The third-order valence-corrected chi connectivity index (χ3v) is 2.29. The van der Waals surface area contributed by atoms with Crippen LogP contribution in [0.5, 0.6) is 0 Å². The molecular formula is C12H15ClO. The molecule has 0 bridgehead atoms. The van der Waals surface area contributed by atoms with E-state index in [4.69, 9.17) is 11.6 Å². The number of benzene rings is 1. The van der Waals surface area contributed by atoms with Gasteiger partial charge in [-0.1, -0.05) is 45.0 Å². The molecule has 0 amide bonds. The molecule has 1 aromatic carbocycles. The molecule has 0 aliphatic carbocycles. The predicted molar refractivity (Wildman–Crippen MR) is 59.7 cm³/mol. The van der Waals surface area contributed by atoms with Crippen molar-refractivity contribution in [2.24, 2.45) is 0 Å². The van der Waals surface area contributed by atoms with Gasteiger partial charge in [0.2, 0.25) is 5.24 Å². The summed E-state index contributed by atoms with van der Waals surface area (Å²) < 4.78 is 0. The summed E-state index contributed by atoms with van der Waals surface area (Å²) in [4.78, 5) is 10.9. The molecule has 76 valence electrons. The molecule has 0 aliphatic heterocycles. The standard InChI is InChI=1S/C12H15ClO/c1-12(2,3)10-7-5-4-6-9(10)8-11(13)14/h4-7H,8H2,1-3H3. The molecule has 0 N–H and O–H groups in total. The molecule has 0 fully saturated rings. The van der Waals surface area contributed by atoms with Gasteiger partial charge in [-0.05, 0) is 28.1 Å². The monoisotopic (exact) mass is 210 g/mol. The maximum Gasteiger partial charge on any atom is 0.226 e. The van der Waals surface area contributed by atoms with Crippen molar-refractivity contribution in [3.8, 4) is 0 Å². The van der Waals surface area contributed by atoms with E-state index < -0.39 is 0 Å². The van der Waals surface area contributed by atoms with E-state index in [-0.39, 0.29) is 10.7 Å². The maximum atomic E-state index is 10.9. The van der Waals surface area contributed by atoms with Crippen molar-refractivity contribution < 1.29 is 4.79 Å². The van der Waals surface area contributed by atoms with E-state index in [0.717, 1.165) is 5.56 Å². The molecular weight excluding hydrogens is 196 g/mol. The number of hydrogen-bond donors (Lipinski definition) is 0. The summed E-state index contributed by atoms with van der Waals surface area (Å²) in [5.41, 5.74) is 2.28. The highest BCUT2D eigenvalue weighted by Gasteiger charge is 2.17. The molecule has 0 saturated heterocycles. The van der Waals surface area contributed by atoms with E-state index >= 15 is 0 Å². The number of carbonyl (C=O) groups excluding carboxylic acids is 1. The number of halogens is 1. The topological polar surface area (TPSA) is 17.1 Å². The SMILES string of the molecule is CC(C)(C)c1ccccc1CC(=O)Cl. The smallest absolute Gasteiger partial charge is 0.226 e. The quantitative estimate of drug-likeness (QED) is 0.685. The van der Waals surface area contributed by atoms with Crippen molar-refractivity contribution in [3.63, 3.8) is 0 Å². The number of rotatable bonds is 2. The Kier molecular flexibility index (Phi) is 3.33. The van der Waals surface area contributed by atoms with Crippen LogP contribution in [0.3, 0.4) is 0 Å². The average Bonchev–Trinajstić information content (AvgIpc) is 2.01. The summed E-state index contributed by atoms with van der Waals surface area (Å²) in [6.07, 6.45) is 0.314. The van der Waals surface area contributed by atoms with Crippen molar-refractivity contribution in [1.82, 2.24) is 0 Å². The fraction of sp³-hybridized carbons (Fsp3) is 0.417. The van der Waals surface area contributed by atoms with Gasteiger partial charge in [-0.3, -0.25) is 4.79 Å². The highest BCUT2D eigenvalue weighted by Crippen LogP contribution is 2.26. The second-order valence-electron chi connectivity index (χ2n) is 4.44. The Morgan fingerprint density at radius 1 is 1.29 bits per heavy atom. The zero-order valence-electron chi connectivity index (χ0n) is 8.80. The zero-order chi connectivity index (χ0) is 10.8. The summed E-state index contributed by atoms with van der Waals surface area (Å²) in [5, 5.41) is -0.304. The molecule has 0 spiro atoms. The Morgan fingerprint density at radius 3 is 2.36 bits per heavy atom. The second kappa shape index (κ2) is 4.14. The van der Waals surface area contributed by atoms with E-state index in [1.807, 2.05) is 18.2 Å². The molecule has 2 heteroatoms. The number of carbonyl (C=O) groups is 1. The van der Waals surface area contributed by atoms with Gasteiger partial charge in [-0.2, -0.15) is 0 Å². The molecule has 0 aromatic heterocycles. The van der Waals surface area contributed by atoms with Gasteiger partial charge in [0, 0.05) is 6.42 Å². The Hall–Kier alpha value is -0.820. The van der Waals surface area contributed by atoms with E-state index in [9.17, 15) is 4.79 Å². The Labute approximate surface area is 90.1 Å². The van der Waals surface area contributed by atoms with Crippen molar-refractivity contribution in [3.05, 3.63) is 35.4 Å².